The Kier molecular flexibility index (Phi) is 3.79. The van der Waals surface area contributed by atoms with E-state index in [9.17, 15) is 4.79 Å². The lowest BCUT2D eigenvalue weighted by Crippen LogP contribution is -2.15. The van der Waals surface area contributed by atoms with Crippen LogP contribution in [0.3, 0.4) is 0 Å². The van der Waals surface area contributed by atoms with Crippen LogP contribution >= 0.6 is 0 Å². The summed E-state index contributed by atoms with van der Waals surface area (Å²) in [6.07, 6.45) is 0.495. The number of nitrogens with one attached hydrogen (secondary N) is 1. The number of aliphatic hydroxyl groups is 1. The highest BCUT2D eigenvalue weighted by Crippen LogP contribution is 2.24. The van der Waals surface area contributed by atoms with E-state index in [-0.39, 0.29) is 13.0 Å². The summed E-state index contributed by atoms with van der Waals surface area (Å²) in [4.78, 5) is 15.5. The molecule has 0 atom stereocenters. The van der Waals surface area contributed by atoms with Crippen LogP contribution in [-0.4, -0.2) is 47.8 Å². The van der Waals surface area contributed by atoms with E-state index in [1.54, 1.807) is 4.68 Å². The number of H-pyrrole nitrogens is 1. The van der Waals surface area contributed by atoms with Crippen LogP contribution in [0.5, 0.6) is 0 Å². The molecule has 0 aliphatic rings. The SMILES string of the molecule is NC(=O)Cc1nc(-c2cccc3n[nH]nc23)n(CCCO)n1. The predicted octanol–water partition coefficient (Wildman–Crippen LogP) is -0.373. The Bertz CT molecular complexity index is 808. The number of carbonyl (C=O) groups excluding carboxylic acids is 1. The molecule has 3 aromatic rings. The quantitative estimate of drug-likeness (QED) is 0.568. The highest BCUT2D eigenvalue weighted by molar-refractivity contribution is 5.89. The zero-order valence-electron chi connectivity index (χ0n) is 11.7. The standard InChI is InChI=1S/C13H15N7O2/c14-10(22)7-11-15-13(20(18-11)5-2-6-21)8-3-1-4-9-12(8)17-19-16-9/h1,3-4,21H,2,5-7H2,(H2,14,22)(H,16,17,19). The molecule has 0 unspecified atom stereocenters. The topological polar surface area (TPSA) is 136 Å². The third-order valence-electron chi connectivity index (χ3n) is 3.16. The Morgan fingerprint density at radius 2 is 2.23 bits per heavy atom. The largest absolute Gasteiger partial charge is 0.396 e. The Morgan fingerprint density at radius 1 is 1.36 bits per heavy atom. The van der Waals surface area contributed by atoms with Gasteiger partial charge in [-0.1, -0.05) is 6.07 Å². The number of fused-ring (bicyclic) bond motifs is 1. The molecule has 22 heavy (non-hydrogen) atoms. The van der Waals surface area contributed by atoms with Gasteiger partial charge in [-0.25, -0.2) is 9.67 Å². The molecular weight excluding hydrogens is 286 g/mol. The zero-order chi connectivity index (χ0) is 15.5. The highest BCUT2D eigenvalue weighted by atomic mass is 16.3. The number of aromatic nitrogens is 6. The molecule has 0 spiro atoms. The first-order valence-electron chi connectivity index (χ1n) is 6.82. The number of nitrogens with two attached hydrogens (primary N) is 1. The maximum Gasteiger partial charge on any atom is 0.225 e. The molecule has 0 saturated carbocycles. The second-order valence-corrected chi connectivity index (χ2v) is 4.79. The molecule has 0 aliphatic heterocycles. The minimum absolute atomic E-state index is 0.0338. The second kappa shape index (κ2) is 5.90. The molecule has 3 rings (SSSR count). The van der Waals surface area contributed by atoms with Gasteiger partial charge in [0.25, 0.3) is 0 Å². The van der Waals surface area contributed by atoms with Gasteiger partial charge in [0, 0.05) is 18.7 Å². The number of amides is 1. The van der Waals surface area contributed by atoms with Gasteiger partial charge in [0.15, 0.2) is 11.6 Å². The van der Waals surface area contributed by atoms with Crippen molar-refractivity contribution in [1.82, 2.24) is 30.2 Å². The van der Waals surface area contributed by atoms with Crippen molar-refractivity contribution in [1.29, 1.82) is 0 Å². The number of rotatable bonds is 6. The summed E-state index contributed by atoms with van der Waals surface area (Å²) in [6, 6.07) is 5.54. The third kappa shape index (κ3) is 2.66. The van der Waals surface area contributed by atoms with Crippen molar-refractivity contribution < 1.29 is 9.90 Å². The number of aryl methyl sites for hydroxylation is 1. The number of para-hydroxylation sites is 1. The van der Waals surface area contributed by atoms with E-state index in [2.05, 4.69) is 25.5 Å². The Labute approximate surface area is 125 Å². The number of hydrogen-bond donors (Lipinski definition) is 3. The average Bonchev–Trinajstić information content (AvgIpc) is 3.10. The van der Waals surface area contributed by atoms with Crippen LogP contribution in [0.1, 0.15) is 12.2 Å². The van der Waals surface area contributed by atoms with Gasteiger partial charge in [-0.15, -0.1) is 0 Å². The fourth-order valence-electron chi connectivity index (χ4n) is 2.24. The lowest BCUT2D eigenvalue weighted by molar-refractivity contribution is -0.117. The molecule has 0 aliphatic carbocycles. The van der Waals surface area contributed by atoms with E-state index in [4.69, 9.17) is 10.8 Å². The normalized spacial score (nSPS) is 11.1. The first-order chi connectivity index (χ1) is 10.7. The fraction of sp³-hybridized carbons (Fsp3) is 0.308. The number of primary amides is 1. The Balaban J connectivity index is 2.09. The number of aliphatic hydroxyl groups excluding tert-OH is 1. The highest BCUT2D eigenvalue weighted by Gasteiger charge is 2.17. The summed E-state index contributed by atoms with van der Waals surface area (Å²) in [5, 5.41) is 24.1. The minimum Gasteiger partial charge on any atom is -0.396 e. The minimum atomic E-state index is -0.495. The molecule has 1 amide bonds. The van der Waals surface area contributed by atoms with Crippen molar-refractivity contribution in [3.63, 3.8) is 0 Å². The molecule has 4 N–H and O–H groups in total. The molecular formula is C13H15N7O2. The monoisotopic (exact) mass is 301 g/mol. The van der Waals surface area contributed by atoms with Gasteiger partial charge in [-0.05, 0) is 18.6 Å². The maximum absolute atomic E-state index is 11.1. The average molecular weight is 301 g/mol. The van der Waals surface area contributed by atoms with E-state index >= 15 is 0 Å². The molecule has 0 saturated heterocycles. The molecule has 0 radical (unpaired) electrons. The van der Waals surface area contributed by atoms with Gasteiger partial charge in [-0.2, -0.15) is 20.5 Å². The second-order valence-electron chi connectivity index (χ2n) is 4.79. The van der Waals surface area contributed by atoms with Crippen LogP contribution < -0.4 is 5.73 Å². The van der Waals surface area contributed by atoms with E-state index < -0.39 is 5.91 Å². The van der Waals surface area contributed by atoms with Gasteiger partial charge < -0.3 is 10.8 Å². The Hall–Kier alpha value is -2.81. The summed E-state index contributed by atoms with van der Waals surface area (Å²) in [7, 11) is 0. The van der Waals surface area contributed by atoms with Crippen molar-refractivity contribution in [3.05, 3.63) is 24.0 Å². The van der Waals surface area contributed by atoms with E-state index in [1.807, 2.05) is 18.2 Å². The summed E-state index contributed by atoms with van der Waals surface area (Å²) in [6.45, 7) is 0.518. The molecule has 9 nitrogen and oxygen atoms in total. The molecule has 9 heteroatoms. The summed E-state index contributed by atoms with van der Waals surface area (Å²) >= 11 is 0. The molecule has 114 valence electrons. The number of benzene rings is 1. The lowest BCUT2D eigenvalue weighted by atomic mass is 10.1. The molecule has 1 aromatic carbocycles. The first-order valence-corrected chi connectivity index (χ1v) is 6.82. The van der Waals surface area contributed by atoms with Gasteiger partial charge in [-0.3, -0.25) is 4.79 Å². The summed E-state index contributed by atoms with van der Waals surface area (Å²) < 4.78 is 1.65. The zero-order valence-corrected chi connectivity index (χ0v) is 11.7. The van der Waals surface area contributed by atoms with Gasteiger partial charge in [0.1, 0.15) is 11.0 Å². The van der Waals surface area contributed by atoms with Crippen LogP contribution in [0, 0.1) is 0 Å². The number of hydrogen-bond acceptors (Lipinski definition) is 6. The first kappa shape index (κ1) is 14.1. The smallest absolute Gasteiger partial charge is 0.225 e. The van der Waals surface area contributed by atoms with Crippen LogP contribution in [-0.2, 0) is 17.8 Å². The Morgan fingerprint density at radius 3 is 3.00 bits per heavy atom. The molecule has 2 heterocycles. The van der Waals surface area contributed by atoms with E-state index in [0.29, 0.717) is 35.6 Å². The van der Waals surface area contributed by atoms with Crippen molar-refractivity contribution in [3.8, 4) is 11.4 Å². The third-order valence-corrected chi connectivity index (χ3v) is 3.16. The van der Waals surface area contributed by atoms with Gasteiger partial charge in [0.05, 0.1) is 6.42 Å². The maximum atomic E-state index is 11.1. The summed E-state index contributed by atoms with van der Waals surface area (Å²) in [5.41, 5.74) is 7.34. The number of carbonyl (C=O) groups is 1. The van der Waals surface area contributed by atoms with Crippen LogP contribution in [0.25, 0.3) is 22.4 Å². The van der Waals surface area contributed by atoms with E-state index in [0.717, 1.165) is 5.56 Å². The molecule has 0 fully saturated rings. The van der Waals surface area contributed by atoms with Gasteiger partial charge >= 0.3 is 0 Å². The number of aromatic amines is 1. The van der Waals surface area contributed by atoms with Crippen LogP contribution in [0.2, 0.25) is 0 Å². The summed E-state index contributed by atoms with van der Waals surface area (Å²) in [5.74, 6) is 0.427. The fourth-order valence-corrected chi connectivity index (χ4v) is 2.24. The van der Waals surface area contributed by atoms with Crippen LogP contribution in [0.15, 0.2) is 18.2 Å². The van der Waals surface area contributed by atoms with Crippen molar-refractivity contribution in [2.24, 2.45) is 5.73 Å². The number of nitrogens with zero attached hydrogens (tertiary/aromatic N) is 5. The van der Waals surface area contributed by atoms with Crippen LogP contribution in [0.4, 0.5) is 0 Å². The van der Waals surface area contributed by atoms with Crippen molar-refractivity contribution >= 4 is 16.9 Å². The lowest BCUT2D eigenvalue weighted by Gasteiger charge is -2.04. The molecule has 0 bridgehead atoms. The van der Waals surface area contributed by atoms with Crippen molar-refractivity contribution in [2.45, 2.75) is 19.4 Å². The molecule has 2 aromatic heterocycles. The van der Waals surface area contributed by atoms with Crippen molar-refractivity contribution in [2.75, 3.05) is 6.61 Å². The van der Waals surface area contributed by atoms with Gasteiger partial charge in [0.2, 0.25) is 5.91 Å². The van der Waals surface area contributed by atoms with E-state index in [1.165, 1.54) is 0 Å². The predicted molar refractivity (Wildman–Crippen MR) is 77.5 cm³/mol.